The number of ether oxygens (including phenoxy) is 1. The average Bonchev–Trinajstić information content (AvgIpc) is 3.24. The number of likely N-dealkylation sites (tertiary alicyclic amines) is 1. The maximum absolute atomic E-state index is 11.9. The van der Waals surface area contributed by atoms with E-state index in [-0.39, 0.29) is 6.10 Å². The van der Waals surface area contributed by atoms with Gasteiger partial charge in [-0.05, 0) is 43.0 Å². The number of piperidine rings is 1. The van der Waals surface area contributed by atoms with Crippen LogP contribution in [0.3, 0.4) is 0 Å². The zero-order valence-corrected chi connectivity index (χ0v) is 14.4. The molecule has 0 bridgehead atoms. The fourth-order valence-electron chi connectivity index (χ4n) is 3.98. The van der Waals surface area contributed by atoms with Gasteiger partial charge in [0.25, 0.3) is 0 Å². The second-order valence-corrected chi connectivity index (χ2v) is 7.14. The highest BCUT2D eigenvalue weighted by atomic mass is 16.5. The Kier molecular flexibility index (Phi) is 4.00. The van der Waals surface area contributed by atoms with Crippen molar-refractivity contribution in [2.45, 2.75) is 44.4 Å². The first-order valence-electron chi connectivity index (χ1n) is 8.81. The Morgan fingerprint density at radius 3 is 2.88 bits per heavy atom. The maximum atomic E-state index is 11.9. The molecule has 6 nitrogen and oxygen atoms in total. The fourth-order valence-corrected chi connectivity index (χ4v) is 3.98. The number of hydrogen-bond donors (Lipinski definition) is 1. The zero-order chi connectivity index (χ0) is 17.4. The van der Waals surface area contributed by atoms with Gasteiger partial charge in [-0.1, -0.05) is 12.1 Å². The number of aromatic nitrogens is 2. The normalized spacial score (nSPS) is 22.4. The van der Waals surface area contributed by atoms with Crippen molar-refractivity contribution in [3.8, 4) is 5.75 Å². The van der Waals surface area contributed by atoms with Gasteiger partial charge in [-0.3, -0.25) is 9.58 Å². The monoisotopic (exact) mass is 341 g/mol. The molecule has 1 atom stereocenters. The molecule has 1 aromatic carbocycles. The molecule has 6 heteroatoms. The molecule has 0 unspecified atom stereocenters. The zero-order valence-electron chi connectivity index (χ0n) is 14.4. The summed E-state index contributed by atoms with van der Waals surface area (Å²) in [7, 11) is 0. The van der Waals surface area contributed by atoms with Crippen LogP contribution in [0, 0.1) is 0 Å². The smallest absolute Gasteiger partial charge is 0.331 e. The minimum absolute atomic E-state index is 0.255. The van der Waals surface area contributed by atoms with Gasteiger partial charge in [-0.2, -0.15) is 5.10 Å². The number of fused-ring (bicyclic) bond motifs is 1. The number of benzene rings is 1. The number of carboxylic acids is 1. The maximum Gasteiger partial charge on any atom is 0.331 e. The quantitative estimate of drug-likeness (QED) is 0.924. The van der Waals surface area contributed by atoms with Crippen LogP contribution >= 0.6 is 0 Å². The average molecular weight is 341 g/mol. The van der Waals surface area contributed by atoms with Crippen LogP contribution in [0.4, 0.5) is 0 Å². The van der Waals surface area contributed by atoms with E-state index in [1.54, 1.807) is 23.1 Å². The van der Waals surface area contributed by atoms with Crippen LogP contribution < -0.4 is 4.74 Å². The number of aliphatic carboxylic acids is 1. The lowest BCUT2D eigenvalue weighted by molar-refractivity contribution is -0.151. The minimum atomic E-state index is -0.915. The van der Waals surface area contributed by atoms with E-state index in [0.717, 1.165) is 31.8 Å². The highest BCUT2D eigenvalue weighted by molar-refractivity contribution is 5.76. The van der Waals surface area contributed by atoms with Crippen LogP contribution in [-0.2, 0) is 23.3 Å². The number of carboxylic acid groups (broad SMARTS) is 1. The molecule has 1 fully saturated rings. The van der Waals surface area contributed by atoms with E-state index >= 15 is 0 Å². The largest absolute Gasteiger partial charge is 0.490 e. The van der Waals surface area contributed by atoms with Crippen LogP contribution in [0.1, 0.15) is 30.9 Å². The lowest BCUT2D eigenvalue weighted by Crippen LogP contribution is -2.51. The number of rotatable bonds is 4. The van der Waals surface area contributed by atoms with Crippen molar-refractivity contribution in [1.82, 2.24) is 14.7 Å². The summed E-state index contributed by atoms with van der Waals surface area (Å²) in [5.74, 6) is 0.206. The summed E-state index contributed by atoms with van der Waals surface area (Å²) in [6.07, 6.45) is 5.75. The van der Waals surface area contributed by atoms with Crippen molar-refractivity contribution >= 4 is 5.97 Å². The summed E-state index contributed by atoms with van der Waals surface area (Å²) in [6, 6.07) is 8.18. The molecule has 3 heterocycles. The van der Waals surface area contributed by atoms with Crippen molar-refractivity contribution in [2.75, 3.05) is 13.1 Å². The second kappa shape index (κ2) is 6.19. The van der Waals surface area contributed by atoms with Crippen LogP contribution in [0.15, 0.2) is 36.7 Å². The van der Waals surface area contributed by atoms with Crippen LogP contribution in [0.25, 0.3) is 0 Å². The van der Waals surface area contributed by atoms with Crippen LogP contribution in [0.5, 0.6) is 5.75 Å². The van der Waals surface area contributed by atoms with Gasteiger partial charge in [0.05, 0.1) is 0 Å². The second-order valence-electron chi connectivity index (χ2n) is 7.14. The summed E-state index contributed by atoms with van der Waals surface area (Å²) in [5.41, 5.74) is 1.62. The topological polar surface area (TPSA) is 67.6 Å². The molecule has 0 amide bonds. The molecule has 2 aromatic rings. The first-order valence-corrected chi connectivity index (χ1v) is 8.81. The fraction of sp³-hybridized carbons (Fsp3) is 0.474. The Bertz CT molecular complexity index is 764. The van der Waals surface area contributed by atoms with E-state index in [9.17, 15) is 9.90 Å². The van der Waals surface area contributed by atoms with Crippen LogP contribution in [-0.4, -0.2) is 44.9 Å². The van der Waals surface area contributed by atoms with Gasteiger partial charge in [0.15, 0.2) is 5.54 Å². The van der Waals surface area contributed by atoms with Gasteiger partial charge >= 0.3 is 5.97 Å². The molecule has 25 heavy (non-hydrogen) atoms. The highest BCUT2D eigenvalue weighted by Crippen LogP contribution is 2.32. The standard InChI is InChI=1S/C19H23N3O3/c1-14-11-16-12-15(3-4-17(16)25-14)13-21-9-5-19(6-10-21,18(23)24)22-8-2-7-20-22/h2-4,7-8,12,14H,5-6,9-11,13H2,1H3,(H,23,24)/t14-/m1/s1. The molecule has 1 aromatic heterocycles. The van der Waals surface area contributed by atoms with Gasteiger partial charge in [0.1, 0.15) is 11.9 Å². The molecule has 0 spiro atoms. The van der Waals surface area contributed by atoms with Gasteiger partial charge in [-0.15, -0.1) is 0 Å². The Hall–Kier alpha value is -2.34. The number of hydrogen-bond acceptors (Lipinski definition) is 4. The predicted molar refractivity (Wildman–Crippen MR) is 92.6 cm³/mol. The van der Waals surface area contributed by atoms with E-state index in [0.29, 0.717) is 12.8 Å². The molecule has 132 valence electrons. The lowest BCUT2D eigenvalue weighted by atomic mass is 9.87. The third-order valence-corrected chi connectivity index (χ3v) is 5.39. The summed E-state index contributed by atoms with van der Waals surface area (Å²) < 4.78 is 7.37. The highest BCUT2D eigenvalue weighted by Gasteiger charge is 2.43. The molecule has 1 N–H and O–H groups in total. The van der Waals surface area contributed by atoms with Crippen molar-refractivity contribution in [2.24, 2.45) is 0 Å². The number of carbonyl (C=O) groups is 1. The van der Waals surface area contributed by atoms with Gasteiger partial charge in [0.2, 0.25) is 0 Å². The Morgan fingerprint density at radius 2 is 2.20 bits per heavy atom. The van der Waals surface area contributed by atoms with Crippen molar-refractivity contribution in [3.05, 3.63) is 47.8 Å². The summed E-state index contributed by atoms with van der Waals surface area (Å²) in [6.45, 7) is 4.42. The minimum Gasteiger partial charge on any atom is -0.490 e. The van der Waals surface area contributed by atoms with Gasteiger partial charge < -0.3 is 9.84 Å². The molecule has 2 aliphatic heterocycles. The summed E-state index contributed by atoms with van der Waals surface area (Å²) >= 11 is 0. The van der Waals surface area contributed by atoms with E-state index in [4.69, 9.17) is 4.74 Å². The third-order valence-electron chi connectivity index (χ3n) is 5.39. The molecular formula is C19H23N3O3. The molecule has 0 aliphatic carbocycles. The van der Waals surface area contributed by atoms with Gasteiger partial charge in [-0.25, -0.2) is 4.79 Å². The van der Waals surface area contributed by atoms with Crippen molar-refractivity contribution in [1.29, 1.82) is 0 Å². The van der Waals surface area contributed by atoms with Crippen molar-refractivity contribution in [3.63, 3.8) is 0 Å². The molecule has 0 saturated carbocycles. The Labute approximate surface area is 147 Å². The third kappa shape index (κ3) is 2.91. The predicted octanol–water partition coefficient (Wildman–Crippen LogP) is 2.28. The SMILES string of the molecule is C[C@@H]1Cc2cc(CN3CCC(C(=O)O)(n4cccn4)CC3)ccc2O1. The molecule has 2 aliphatic rings. The molecular weight excluding hydrogens is 318 g/mol. The number of nitrogens with zero attached hydrogens (tertiary/aromatic N) is 3. The molecule has 0 radical (unpaired) electrons. The lowest BCUT2D eigenvalue weighted by Gasteiger charge is -2.39. The first kappa shape index (κ1) is 16.1. The molecule has 1 saturated heterocycles. The first-order chi connectivity index (χ1) is 12.1. The Morgan fingerprint density at radius 1 is 1.40 bits per heavy atom. The molecule has 4 rings (SSSR count). The van der Waals surface area contributed by atoms with E-state index in [2.05, 4.69) is 35.1 Å². The van der Waals surface area contributed by atoms with E-state index in [1.807, 2.05) is 0 Å². The van der Waals surface area contributed by atoms with Crippen molar-refractivity contribution < 1.29 is 14.6 Å². The Balaban J connectivity index is 1.44. The summed E-state index contributed by atoms with van der Waals surface area (Å²) in [5, 5.41) is 14.0. The van der Waals surface area contributed by atoms with Gasteiger partial charge in [0, 0.05) is 38.4 Å². The van der Waals surface area contributed by atoms with E-state index in [1.165, 1.54) is 11.1 Å². The summed E-state index contributed by atoms with van der Waals surface area (Å²) in [4.78, 5) is 14.2. The van der Waals surface area contributed by atoms with Crippen LogP contribution in [0.2, 0.25) is 0 Å². The van der Waals surface area contributed by atoms with E-state index < -0.39 is 11.5 Å².